The number of hydrogen-bond acceptors (Lipinski definition) is 6. The summed E-state index contributed by atoms with van der Waals surface area (Å²) in [4.78, 5) is 19.7. The number of rotatable bonds is 5. The number of fused-ring (bicyclic) bond motifs is 6. The number of aromatic amines is 1. The molecule has 0 bridgehead atoms. The average molecular weight is 462 g/mol. The molecular formula is C27H31N3O4. The smallest absolute Gasteiger partial charge is 0.195 e. The van der Waals surface area contributed by atoms with Gasteiger partial charge < -0.3 is 24.9 Å². The minimum Gasteiger partial charge on any atom is -0.494 e. The molecule has 0 radical (unpaired) electrons. The van der Waals surface area contributed by atoms with Gasteiger partial charge in [0.2, 0.25) is 0 Å². The Balaban J connectivity index is 1.32. The highest BCUT2D eigenvalue weighted by Crippen LogP contribution is 2.50. The Labute approximate surface area is 199 Å². The van der Waals surface area contributed by atoms with Crippen LogP contribution in [0.25, 0.3) is 10.9 Å². The number of hydrogen-bond donors (Lipinski definition) is 2. The van der Waals surface area contributed by atoms with Gasteiger partial charge in [-0.2, -0.15) is 0 Å². The van der Waals surface area contributed by atoms with Gasteiger partial charge in [-0.15, -0.1) is 0 Å². The highest BCUT2D eigenvalue weighted by Gasteiger charge is 2.47. The molecule has 0 saturated carbocycles. The Bertz CT molecular complexity index is 1220. The number of nitrogen functional groups attached to an aromatic ring is 1. The molecule has 7 heteroatoms. The van der Waals surface area contributed by atoms with Crippen molar-refractivity contribution in [2.75, 3.05) is 58.4 Å². The van der Waals surface area contributed by atoms with Gasteiger partial charge >= 0.3 is 0 Å². The lowest BCUT2D eigenvalue weighted by atomic mass is 9.64. The normalized spacial score (nSPS) is 19.8. The minimum absolute atomic E-state index is 0.0667. The molecule has 3 aromatic rings. The maximum atomic E-state index is 13.7. The summed E-state index contributed by atoms with van der Waals surface area (Å²) in [7, 11) is 0. The lowest BCUT2D eigenvalue weighted by Gasteiger charge is -2.41. The Kier molecular flexibility index (Phi) is 5.56. The molecule has 2 aromatic carbocycles. The van der Waals surface area contributed by atoms with E-state index >= 15 is 0 Å². The summed E-state index contributed by atoms with van der Waals surface area (Å²) in [5.74, 6) is 0.889. The summed E-state index contributed by atoms with van der Waals surface area (Å²) in [5, 5.41) is 0.939. The number of nitrogens with one attached hydrogen (secondary N) is 1. The Morgan fingerprint density at radius 1 is 1.03 bits per heavy atom. The number of ether oxygens (including phenoxy) is 3. The van der Waals surface area contributed by atoms with E-state index in [-0.39, 0.29) is 11.2 Å². The number of carbonyl (C=O) groups excluding carboxylic acids is 1. The minimum atomic E-state index is -0.294. The van der Waals surface area contributed by atoms with Gasteiger partial charge in [-0.05, 0) is 55.2 Å². The first kappa shape index (κ1) is 21.6. The molecule has 0 atom stereocenters. The second kappa shape index (κ2) is 8.73. The molecule has 2 saturated heterocycles. The predicted octanol–water partition coefficient (Wildman–Crippen LogP) is 3.49. The molecule has 3 aliphatic rings. The number of H-pyrrole nitrogens is 1. The first-order chi connectivity index (χ1) is 16.7. The Hall–Kier alpha value is -2.87. The fourth-order valence-electron chi connectivity index (χ4n) is 5.83. The average Bonchev–Trinajstić information content (AvgIpc) is 3.26. The highest BCUT2D eigenvalue weighted by molar-refractivity contribution is 6.20. The second-order valence-electron chi connectivity index (χ2n) is 9.57. The van der Waals surface area contributed by atoms with Crippen LogP contribution in [-0.4, -0.2) is 68.3 Å². The SMILES string of the molecule is Nc1ccc2c3c([nH]c2c1)C1(CCOCC1)c1cc(OCCCN2CCOCC2)ccc1C3=O. The maximum absolute atomic E-state index is 13.7. The summed E-state index contributed by atoms with van der Waals surface area (Å²) in [6.45, 7) is 6.59. The van der Waals surface area contributed by atoms with Crippen molar-refractivity contribution in [2.24, 2.45) is 0 Å². The topological polar surface area (TPSA) is 89.8 Å². The number of aromatic nitrogens is 1. The number of anilines is 1. The van der Waals surface area contributed by atoms with E-state index in [0.29, 0.717) is 25.5 Å². The van der Waals surface area contributed by atoms with Crippen LogP contribution in [0, 0.1) is 0 Å². The van der Waals surface area contributed by atoms with Crippen molar-refractivity contribution in [3.63, 3.8) is 0 Å². The third-order valence-electron chi connectivity index (χ3n) is 7.62. The van der Waals surface area contributed by atoms with Gasteiger partial charge in [0.15, 0.2) is 5.78 Å². The molecule has 6 rings (SSSR count). The predicted molar refractivity (Wildman–Crippen MR) is 131 cm³/mol. The number of morpholine rings is 1. The lowest BCUT2D eigenvalue weighted by Crippen LogP contribution is -2.40. The van der Waals surface area contributed by atoms with E-state index in [9.17, 15) is 4.79 Å². The zero-order chi connectivity index (χ0) is 23.1. The number of nitrogens with two attached hydrogens (primary N) is 1. The lowest BCUT2D eigenvalue weighted by molar-refractivity contribution is 0.0358. The van der Waals surface area contributed by atoms with Crippen LogP contribution in [0.5, 0.6) is 5.75 Å². The molecule has 2 aliphatic heterocycles. The summed E-state index contributed by atoms with van der Waals surface area (Å²) in [5.41, 5.74) is 11.0. The van der Waals surface area contributed by atoms with Gasteiger partial charge in [-0.1, -0.05) is 6.07 Å². The number of carbonyl (C=O) groups is 1. The van der Waals surface area contributed by atoms with Crippen LogP contribution >= 0.6 is 0 Å². The van der Waals surface area contributed by atoms with Gasteiger partial charge in [0.05, 0.1) is 25.4 Å². The van der Waals surface area contributed by atoms with E-state index < -0.39 is 0 Å². The van der Waals surface area contributed by atoms with Crippen LogP contribution < -0.4 is 10.5 Å². The van der Waals surface area contributed by atoms with Crippen molar-refractivity contribution in [3.8, 4) is 5.75 Å². The first-order valence-corrected chi connectivity index (χ1v) is 12.3. The summed E-state index contributed by atoms with van der Waals surface area (Å²) < 4.78 is 17.3. The highest BCUT2D eigenvalue weighted by atomic mass is 16.5. The van der Waals surface area contributed by atoms with E-state index in [0.717, 1.165) is 91.1 Å². The fraction of sp³-hybridized carbons (Fsp3) is 0.444. The summed E-state index contributed by atoms with van der Waals surface area (Å²) in [6.07, 6.45) is 2.61. The summed E-state index contributed by atoms with van der Waals surface area (Å²) in [6, 6.07) is 11.7. The molecule has 3 heterocycles. The van der Waals surface area contributed by atoms with Crippen molar-refractivity contribution < 1.29 is 19.0 Å². The second-order valence-corrected chi connectivity index (χ2v) is 9.57. The van der Waals surface area contributed by atoms with Crippen LogP contribution in [0.3, 0.4) is 0 Å². The van der Waals surface area contributed by atoms with Gasteiger partial charge in [0.25, 0.3) is 0 Å². The quantitative estimate of drug-likeness (QED) is 0.447. The molecule has 34 heavy (non-hydrogen) atoms. The molecule has 3 N–H and O–H groups in total. The number of nitrogens with zero attached hydrogens (tertiary/aromatic N) is 1. The monoisotopic (exact) mass is 461 g/mol. The van der Waals surface area contributed by atoms with Gasteiger partial charge in [-0.25, -0.2) is 0 Å². The molecule has 1 aromatic heterocycles. The van der Waals surface area contributed by atoms with Crippen molar-refractivity contribution >= 4 is 22.4 Å². The van der Waals surface area contributed by atoms with Crippen LogP contribution in [0.4, 0.5) is 5.69 Å². The van der Waals surface area contributed by atoms with Crippen molar-refractivity contribution in [1.29, 1.82) is 0 Å². The fourth-order valence-corrected chi connectivity index (χ4v) is 5.83. The zero-order valence-electron chi connectivity index (χ0n) is 19.4. The summed E-state index contributed by atoms with van der Waals surface area (Å²) >= 11 is 0. The van der Waals surface area contributed by atoms with Crippen molar-refractivity contribution in [2.45, 2.75) is 24.7 Å². The van der Waals surface area contributed by atoms with Crippen LogP contribution in [-0.2, 0) is 14.9 Å². The van der Waals surface area contributed by atoms with Gasteiger partial charge in [-0.3, -0.25) is 9.69 Å². The standard InChI is InChI=1S/C27H31N3O4/c28-18-2-4-21-23(16-18)29-26-24(21)25(31)20-5-3-19(17-22(20)27(26)6-12-32-13-7-27)34-11-1-8-30-9-14-33-15-10-30/h2-5,16-17,29H,1,6-15,28H2. The van der Waals surface area contributed by atoms with E-state index in [1.54, 1.807) is 0 Å². The molecule has 0 unspecified atom stereocenters. The third-order valence-corrected chi connectivity index (χ3v) is 7.62. The molecule has 1 aliphatic carbocycles. The van der Waals surface area contributed by atoms with E-state index in [2.05, 4.69) is 16.0 Å². The van der Waals surface area contributed by atoms with Crippen LogP contribution in [0.2, 0.25) is 0 Å². The van der Waals surface area contributed by atoms with E-state index in [4.69, 9.17) is 19.9 Å². The van der Waals surface area contributed by atoms with Crippen molar-refractivity contribution in [1.82, 2.24) is 9.88 Å². The molecule has 2 fully saturated rings. The van der Waals surface area contributed by atoms with Crippen LogP contribution in [0.1, 0.15) is 46.4 Å². The van der Waals surface area contributed by atoms with Crippen molar-refractivity contribution in [3.05, 3.63) is 58.8 Å². The molecule has 0 amide bonds. The third kappa shape index (κ3) is 3.59. The zero-order valence-corrected chi connectivity index (χ0v) is 19.4. The van der Waals surface area contributed by atoms with E-state index in [1.165, 1.54) is 0 Å². The van der Waals surface area contributed by atoms with Gasteiger partial charge in [0.1, 0.15) is 5.75 Å². The molecule has 1 spiro atoms. The molecular weight excluding hydrogens is 430 g/mol. The van der Waals surface area contributed by atoms with Crippen LogP contribution in [0.15, 0.2) is 36.4 Å². The first-order valence-electron chi connectivity index (χ1n) is 12.3. The largest absolute Gasteiger partial charge is 0.494 e. The maximum Gasteiger partial charge on any atom is 0.195 e. The number of ketones is 1. The van der Waals surface area contributed by atoms with Gasteiger partial charge in [0, 0.05) is 66.1 Å². The molecule has 7 nitrogen and oxygen atoms in total. The van der Waals surface area contributed by atoms with E-state index in [1.807, 2.05) is 30.3 Å². The number of benzene rings is 2. The molecule has 178 valence electrons. The Morgan fingerprint density at radius 3 is 2.65 bits per heavy atom. The Morgan fingerprint density at radius 2 is 1.82 bits per heavy atom.